The van der Waals surface area contributed by atoms with Crippen LogP contribution >= 0.6 is 24.0 Å². The lowest BCUT2D eigenvalue weighted by Crippen LogP contribution is -2.38. The van der Waals surface area contributed by atoms with Crippen LogP contribution in [0.5, 0.6) is 0 Å². The summed E-state index contributed by atoms with van der Waals surface area (Å²) >= 11 is 0. The zero-order valence-electron chi connectivity index (χ0n) is 17.5. The van der Waals surface area contributed by atoms with Crippen molar-refractivity contribution in [3.05, 3.63) is 70.8 Å². The first-order valence-corrected chi connectivity index (χ1v) is 10.1. The monoisotopic (exact) mass is 520 g/mol. The molecule has 1 aliphatic rings. The lowest BCUT2D eigenvalue weighted by molar-refractivity contribution is 0.0652. The van der Waals surface area contributed by atoms with Crippen LogP contribution in [-0.2, 0) is 13.0 Å². The van der Waals surface area contributed by atoms with Crippen LogP contribution in [0.4, 0.5) is 0 Å². The maximum absolute atomic E-state index is 12.4. The van der Waals surface area contributed by atoms with Gasteiger partial charge in [-0.1, -0.05) is 43.3 Å². The highest BCUT2D eigenvalue weighted by Gasteiger charge is 2.34. The lowest BCUT2D eigenvalue weighted by Gasteiger charge is -2.15. The fourth-order valence-corrected chi connectivity index (χ4v) is 3.52. The molecular formula is C23H29IN4O2. The number of nitrogens with zero attached hydrogens (tertiary/aromatic N) is 2. The average Bonchev–Trinajstić information content (AvgIpc) is 3.00. The summed E-state index contributed by atoms with van der Waals surface area (Å²) in [5.74, 6) is 0.368. The van der Waals surface area contributed by atoms with E-state index >= 15 is 0 Å². The van der Waals surface area contributed by atoms with E-state index in [1.165, 1.54) is 16.0 Å². The summed E-state index contributed by atoms with van der Waals surface area (Å²) in [6, 6.07) is 15.4. The Morgan fingerprint density at radius 3 is 2.10 bits per heavy atom. The number of rotatable bonds is 8. The zero-order valence-corrected chi connectivity index (χ0v) is 19.8. The van der Waals surface area contributed by atoms with Gasteiger partial charge in [0, 0.05) is 26.7 Å². The fraction of sp³-hybridized carbons (Fsp3) is 0.348. The Balaban J connectivity index is 0.00000320. The van der Waals surface area contributed by atoms with Crippen molar-refractivity contribution in [2.75, 3.05) is 20.1 Å². The minimum absolute atomic E-state index is 0. The molecule has 0 bridgehead atoms. The molecular weight excluding hydrogens is 491 g/mol. The van der Waals surface area contributed by atoms with E-state index in [2.05, 4.69) is 40.7 Å². The van der Waals surface area contributed by atoms with Crippen molar-refractivity contribution in [1.29, 1.82) is 0 Å². The predicted molar refractivity (Wildman–Crippen MR) is 130 cm³/mol. The molecule has 160 valence electrons. The second-order valence-electron chi connectivity index (χ2n) is 6.99. The van der Waals surface area contributed by atoms with E-state index in [-0.39, 0.29) is 35.8 Å². The van der Waals surface area contributed by atoms with Crippen molar-refractivity contribution in [2.45, 2.75) is 32.7 Å². The first kappa shape index (κ1) is 23.9. The topological polar surface area (TPSA) is 73.8 Å². The number of guanidine groups is 1. The molecule has 2 aromatic carbocycles. The number of imide groups is 1. The highest BCUT2D eigenvalue weighted by Crippen LogP contribution is 2.22. The van der Waals surface area contributed by atoms with Crippen LogP contribution in [0, 0.1) is 0 Å². The SMILES string of the molecule is CCc1ccccc1CNC(=NC)NCCCCN1C(=O)c2ccccc2C1=O.I. The number of hydrogen-bond acceptors (Lipinski definition) is 3. The van der Waals surface area contributed by atoms with Gasteiger partial charge < -0.3 is 10.6 Å². The third-order valence-electron chi connectivity index (χ3n) is 5.15. The number of aryl methyl sites for hydroxylation is 1. The Kier molecular flexibility index (Phi) is 9.29. The maximum atomic E-state index is 12.4. The number of fused-ring (bicyclic) bond motifs is 1. The molecule has 3 rings (SSSR count). The van der Waals surface area contributed by atoms with Gasteiger partial charge in [0.05, 0.1) is 11.1 Å². The normalized spacial score (nSPS) is 13.1. The third kappa shape index (κ3) is 5.59. The van der Waals surface area contributed by atoms with Crippen molar-refractivity contribution in [3.8, 4) is 0 Å². The van der Waals surface area contributed by atoms with Gasteiger partial charge in [-0.3, -0.25) is 19.5 Å². The van der Waals surface area contributed by atoms with Crippen molar-refractivity contribution >= 4 is 41.8 Å². The molecule has 7 heteroatoms. The number of halogens is 1. The molecule has 2 N–H and O–H groups in total. The maximum Gasteiger partial charge on any atom is 0.261 e. The van der Waals surface area contributed by atoms with Crippen LogP contribution < -0.4 is 10.6 Å². The minimum atomic E-state index is -0.189. The minimum Gasteiger partial charge on any atom is -0.356 e. The van der Waals surface area contributed by atoms with E-state index < -0.39 is 0 Å². The van der Waals surface area contributed by atoms with E-state index in [9.17, 15) is 9.59 Å². The molecule has 0 unspecified atom stereocenters. The second kappa shape index (κ2) is 11.7. The third-order valence-corrected chi connectivity index (χ3v) is 5.15. The van der Waals surface area contributed by atoms with Gasteiger partial charge in [0.2, 0.25) is 0 Å². The van der Waals surface area contributed by atoms with Crippen molar-refractivity contribution < 1.29 is 9.59 Å². The van der Waals surface area contributed by atoms with Crippen molar-refractivity contribution in [3.63, 3.8) is 0 Å². The lowest BCUT2D eigenvalue weighted by atomic mass is 10.1. The highest BCUT2D eigenvalue weighted by atomic mass is 127. The van der Waals surface area contributed by atoms with Crippen molar-refractivity contribution in [1.82, 2.24) is 15.5 Å². The summed E-state index contributed by atoms with van der Waals surface area (Å²) in [4.78, 5) is 30.3. The van der Waals surface area contributed by atoms with E-state index in [0.717, 1.165) is 38.3 Å². The molecule has 0 radical (unpaired) electrons. The Morgan fingerprint density at radius 1 is 0.900 bits per heavy atom. The van der Waals surface area contributed by atoms with E-state index in [1.54, 1.807) is 31.3 Å². The molecule has 0 saturated carbocycles. The summed E-state index contributed by atoms with van der Waals surface area (Å²) < 4.78 is 0. The molecule has 1 heterocycles. The number of amides is 2. The van der Waals surface area contributed by atoms with Gasteiger partial charge in [-0.25, -0.2) is 0 Å². The molecule has 0 spiro atoms. The molecule has 1 aliphatic heterocycles. The van der Waals surface area contributed by atoms with Gasteiger partial charge in [-0.05, 0) is 42.5 Å². The van der Waals surface area contributed by atoms with Crippen molar-refractivity contribution in [2.24, 2.45) is 4.99 Å². The highest BCUT2D eigenvalue weighted by molar-refractivity contribution is 14.0. The van der Waals surface area contributed by atoms with Gasteiger partial charge in [0.15, 0.2) is 5.96 Å². The number of hydrogen-bond donors (Lipinski definition) is 2. The molecule has 30 heavy (non-hydrogen) atoms. The number of carbonyl (C=O) groups excluding carboxylic acids is 2. The fourth-order valence-electron chi connectivity index (χ4n) is 3.52. The molecule has 0 aromatic heterocycles. The first-order valence-electron chi connectivity index (χ1n) is 10.1. The first-order chi connectivity index (χ1) is 14.2. The number of nitrogens with one attached hydrogen (secondary N) is 2. The van der Waals surface area contributed by atoms with Crippen LogP contribution in [0.25, 0.3) is 0 Å². The van der Waals surface area contributed by atoms with Gasteiger partial charge in [-0.2, -0.15) is 0 Å². The van der Waals surface area contributed by atoms with Gasteiger partial charge in [0.25, 0.3) is 11.8 Å². The number of carbonyl (C=O) groups is 2. The Morgan fingerprint density at radius 2 is 1.50 bits per heavy atom. The standard InChI is InChI=1S/C23H28N4O2.HI/c1-3-17-10-4-5-11-18(17)16-26-23(24-2)25-14-8-9-15-27-21(28)19-12-6-7-13-20(19)22(27)29;/h4-7,10-13H,3,8-9,14-16H2,1-2H3,(H2,24,25,26);1H. The van der Waals surface area contributed by atoms with E-state index in [0.29, 0.717) is 17.7 Å². The predicted octanol–water partition coefficient (Wildman–Crippen LogP) is 3.61. The molecule has 2 amide bonds. The number of unbranched alkanes of at least 4 members (excludes halogenated alkanes) is 1. The molecule has 0 fully saturated rings. The molecule has 6 nitrogen and oxygen atoms in total. The summed E-state index contributed by atoms with van der Waals surface area (Å²) in [5, 5.41) is 6.63. The van der Waals surface area contributed by atoms with Gasteiger partial charge >= 0.3 is 0 Å². The largest absolute Gasteiger partial charge is 0.356 e. The molecule has 2 aromatic rings. The van der Waals surface area contributed by atoms with E-state index in [1.807, 2.05) is 6.07 Å². The Hall–Kier alpha value is -2.42. The number of benzene rings is 2. The van der Waals surface area contributed by atoms with Crippen LogP contribution in [0.2, 0.25) is 0 Å². The Labute approximate surface area is 195 Å². The number of aliphatic imine (C=N–C) groups is 1. The van der Waals surface area contributed by atoms with E-state index in [4.69, 9.17) is 0 Å². The molecule has 0 atom stereocenters. The molecule has 0 saturated heterocycles. The summed E-state index contributed by atoms with van der Waals surface area (Å²) in [5.41, 5.74) is 3.61. The Bertz CT molecular complexity index is 879. The summed E-state index contributed by atoms with van der Waals surface area (Å²) in [6.45, 7) is 4.03. The second-order valence-corrected chi connectivity index (χ2v) is 6.99. The van der Waals surface area contributed by atoms with Crippen LogP contribution in [-0.4, -0.2) is 42.8 Å². The summed E-state index contributed by atoms with van der Waals surface area (Å²) in [7, 11) is 1.75. The molecule has 0 aliphatic carbocycles. The van der Waals surface area contributed by atoms with Gasteiger partial charge in [-0.15, -0.1) is 24.0 Å². The van der Waals surface area contributed by atoms with Crippen LogP contribution in [0.1, 0.15) is 51.6 Å². The average molecular weight is 520 g/mol. The van der Waals surface area contributed by atoms with Gasteiger partial charge in [0.1, 0.15) is 0 Å². The van der Waals surface area contributed by atoms with Crippen LogP contribution in [0.3, 0.4) is 0 Å². The summed E-state index contributed by atoms with van der Waals surface area (Å²) in [6.07, 6.45) is 2.58. The smallest absolute Gasteiger partial charge is 0.261 e. The zero-order chi connectivity index (χ0) is 20.6. The van der Waals surface area contributed by atoms with Crippen LogP contribution in [0.15, 0.2) is 53.5 Å². The quantitative estimate of drug-likeness (QED) is 0.184.